The molecule has 1 aromatic carbocycles. The molecule has 0 heterocycles. The summed E-state index contributed by atoms with van der Waals surface area (Å²) in [6.45, 7) is 0. The second-order valence-electron chi connectivity index (χ2n) is 4.39. The van der Waals surface area contributed by atoms with Gasteiger partial charge in [-0.25, -0.2) is 0 Å². The number of carbonyl (C=O) groups excluding carboxylic acids is 1. The Bertz CT molecular complexity index is 441. The van der Waals surface area contributed by atoms with Crippen LogP contribution in [0.3, 0.4) is 0 Å². The zero-order valence-corrected chi connectivity index (χ0v) is 12.1. The van der Waals surface area contributed by atoms with Crippen LogP contribution < -0.4 is 5.32 Å². The molecule has 3 nitrogen and oxygen atoms in total. The van der Waals surface area contributed by atoms with E-state index in [0.29, 0.717) is 11.4 Å². The molecule has 0 aromatic heterocycles. The molecule has 1 fully saturated rings. The lowest BCUT2D eigenvalue weighted by atomic mass is 9.78. The van der Waals surface area contributed by atoms with E-state index in [2.05, 4.69) is 5.32 Å². The highest BCUT2D eigenvalue weighted by atomic mass is 127. The quantitative estimate of drug-likeness (QED) is 0.639. The Morgan fingerprint density at radius 3 is 2.71 bits per heavy atom. The number of benzene rings is 1. The monoisotopic (exact) mass is 365 g/mol. The van der Waals surface area contributed by atoms with Gasteiger partial charge in [0.25, 0.3) is 5.91 Å². The molecule has 0 spiro atoms. The Morgan fingerprint density at radius 1 is 1.53 bits per heavy atom. The van der Waals surface area contributed by atoms with E-state index < -0.39 is 0 Å². The van der Waals surface area contributed by atoms with Gasteiger partial charge in [0.15, 0.2) is 0 Å². The number of phenolic OH excluding ortho intramolecular Hbond substituents is 1. The van der Waals surface area contributed by atoms with Crippen molar-refractivity contribution in [3.63, 3.8) is 0 Å². The molecule has 0 bridgehead atoms. The van der Waals surface area contributed by atoms with Gasteiger partial charge in [0.1, 0.15) is 5.75 Å². The summed E-state index contributed by atoms with van der Waals surface area (Å²) in [5, 5.41) is 12.5. The van der Waals surface area contributed by atoms with Crippen molar-refractivity contribution in [3.8, 4) is 5.75 Å². The van der Waals surface area contributed by atoms with Gasteiger partial charge in [0.05, 0.1) is 9.11 Å². The average Bonchev–Trinajstić information content (AvgIpc) is 2.27. The third kappa shape index (κ3) is 2.68. The van der Waals surface area contributed by atoms with Crippen LogP contribution in [0.5, 0.6) is 5.75 Å². The van der Waals surface area contributed by atoms with Crippen LogP contribution in [0, 0.1) is 3.57 Å². The van der Waals surface area contributed by atoms with E-state index >= 15 is 0 Å². The minimum absolute atomic E-state index is 0.131. The predicted molar refractivity (Wildman–Crippen MR) is 75.6 cm³/mol. The third-order valence-corrected chi connectivity index (χ3v) is 4.58. The Hall–Kier alpha value is -0.490. The van der Waals surface area contributed by atoms with Crippen molar-refractivity contribution in [2.24, 2.45) is 0 Å². The fourth-order valence-corrected chi connectivity index (χ4v) is 2.53. The maximum atomic E-state index is 12.0. The second kappa shape index (κ2) is 5.02. The molecule has 0 radical (unpaired) electrons. The average molecular weight is 366 g/mol. The number of amides is 1. The number of hydrogen-bond donors (Lipinski definition) is 2. The summed E-state index contributed by atoms with van der Waals surface area (Å²) in [5.41, 5.74) is 0.233. The van der Waals surface area contributed by atoms with Crippen molar-refractivity contribution in [1.29, 1.82) is 0 Å². The Balaban J connectivity index is 2.11. The molecule has 1 aromatic rings. The summed E-state index contributed by atoms with van der Waals surface area (Å²) in [6, 6.07) is 4.91. The van der Waals surface area contributed by atoms with E-state index in [4.69, 9.17) is 11.6 Å². The molecule has 0 aliphatic heterocycles. The molecule has 0 atom stereocenters. The number of alkyl halides is 1. The molecular weight excluding hydrogens is 352 g/mol. The molecule has 2 rings (SSSR count). The van der Waals surface area contributed by atoms with Crippen LogP contribution in [0.1, 0.15) is 29.6 Å². The summed E-state index contributed by atoms with van der Waals surface area (Å²) < 4.78 is 0.731. The number of carbonyl (C=O) groups is 1. The summed E-state index contributed by atoms with van der Waals surface area (Å²) in [4.78, 5) is 12.0. The summed E-state index contributed by atoms with van der Waals surface area (Å²) in [6.07, 6.45) is 2.96. The van der Waals surface area contributed by atoms with Gasteiger partial charge in [-0.05, 0) is 60.1 Å². The van der Waals surface area contributed by atoms with Gasteiger partial charge < -0.3 is 10.4 Å². The molecule has 92 valence electrons. The normalized spacial score (nSPS) is 17.3. The largest absolute Gasteiger partial charge is 0.507 e. The van der Waals surface area contributed by atoms with Gasteiger partial charge in [-0.15, -0.1) is 11.6 Å². The van der Waals surface area contributed by atoms with E-state index in [0.717, 1.165) is 22.8 Å². The molecule has 5 heteroatoms. The second-order valence-corrected chi connectivity index (χ2v) is 5.82. The van der Waals surface area contributed by atoms with Crippen LogP contribution in [0.2, 0.25) is 0 Å². The minimum Gasteiger partial charge on any atom is -0.507 e. The number of rotatable bonds is 3. The van der Waals surface area contributed by atoms with Crippen molar-refractivity contribution in [2.75, 3.05) is 5.88 Å². The predicted octanol–water partition coefficient (Wildman–Crippen LogP) is 2.89. The zero-order chi connectivity index (χ0) is 12.5. The Kier molecular flexibility index (Phi) is 3.82. The first-order valence-electron chi connectivity index (χ1n) is 5.43. The number of hydrogen-bond acceptors (Lipinski definition) is 2. The van der Waals surface area contributed by atoms with Crippen LogP contribution in [-0.2, 0) is 0 Å². The lowest BCUT2D eigenvalue weighted by Crippen LogP contribution is -2.55. The first-order chi connectivity index (χ1) is 8.06. The van der Waals surface area contributed by atoms with Crippen molar-refractivity contribution in [2.45, 2.75) is 24.8 Å². The highest BCUT2D eigenvalue weighted by molar-refractivity contribution is 14.1. The third-order valence-electron chi connectivity index (χ3n) is 3.15. The Labute approximate surface area is 119 Å². The van der Waals surface area contributed by atoms with E-state index in [1.54, 1.807) is 12.1 Å². The number of aromatic hydroxyl groups is 1. The van der Waals surface area contributed by atoms with Crippen LogP contribution in [-0.4, -0.2) is 22.4 Å². The molecule has 1 saturated carbocycles. The summed E-state index contributed by atoms with van der Waals surface area (Å²) in [5.74, 6) is 0.401. The fraction of sp³-hybridized carbons (Fsp3) is 0.417. The molecule has 17 heavy (non-hydrogen) atoms. The van der Waals surface area contributed by atoms with Gasteiger partial charge >= 0.3 is 0 Å². The van der Waals surface area contributed by atoms with E-state index in [1.165, 1.54) is 6.07 Å². The van der Waals surface area contributed by atoms with Crippen molar-refractivity contribution < 1.29 is 9.90 Å². The molecule has 0 unspecified atom stereocenters. The molecule has 1 aliphatic rings. The lowest BCUT2D eigenvalue weighted by molar-refractivity contribution is 0.0853. The number of nitrogens with one attached hydrogen (secondary N) is 1. The first-order valence-corrected chi connectivity index (χ1v) is 7.05. The standard InChI is InChI=1S/C12H13ClINO2/c13-7-12(4-1-5-12)15-11(17)8-2-3-9(14)10(16)6-8/h2-3,6,16H,1,4-5,7H2,(H,15,17). The van der Waals surface area contributed by atoms with Gasteiger partial charge in [0, 0.05) is 11.4 Å². The van der Waals surface area contributed by atoms with Crippen LogP contribution in [0.25, 0.3) is 0 Å². The van der Waals surface area contributed by atoms with E-state index in [-0.39, 0.29) is 17.2 Å². The van der Waals surface area contributed by atoms with Crippen LogP contribution in [0.4, 0.5) is 0 Å². The fourth-order valence-electron chi connectivity index (χ4n) is 1.86. The summed E-state index contributed by atoms with van der Waals surface area (Å²) in [7, 11) is 0. The zero-order valence-electron chi connectivity index (χ0n) is 9.17. The van der Waals surface area contributed by atoms with E-state index in [1.807, 2.05) is 22.6 Å². The number of halogens is 2. The smallest absolute Gasteiger partial charge is 0.251 e. The van der Waals surface area contributed by atoms with Gasteiger partial charge in [-0.1, -0.05) is 0 Å². The van der Waals surface area contributed by atoms with E-state index in [9.17, 15) is 9.90 Å². The lowest BCUT2D eigenvalue weighted by Gasteiger charge is -2.41. The highest BCUT2D eigenvalue weighted by Gasteiger charge is 2.37. The molecule has 1 amide bonds. The highest BCUT2D eigenvalue weighted by Crippen LogP contribution is 2.33. The Morgan fingerprint density at radius 2 is 2.24 bits per heavy atom. The first kappa shape index (κ1) is 13.0. The minimum atomic E-state index is -0.239. The maximum Gasteiger partial charge on any atom is 0.251 e. The van der Waals surface area contributed by atoms with Crippen LogP contribution in [0.15, 0.2) is 18.2 Å². The van der Waals surface area contributed by atoms with Crippen LogP contribution >= 0.6 is 34.2 Å². The van der Waals surface area contributed by atoms with Crippen molar-refractivity contribution in [3.05, 3.63) is 27.3 Å². The summed E-state index contributed by atoms with van der Waals surface area (Å²) >= 11 is 7.90. The molecular formula is C12H13ClINO2. The van der Waals surface area contributed by atoms with Gasteiger partial charge in [-0.2, -0.15) is 0 Å². The SMILES string of the molecule is O=C(NC1(CCl)CCC1)c1ccc(I)c(O)c1. The maximum absolute atomic E-state index is 12.0. The number of phenols is 1. The topological polar surface area (TPSA) is 49.3 Å². The molecule has 1 aliphatic carbocycles. The van der Waals surface area contributed by atoms with Gasteiger partial charge in [-0.3, -0.25) is 4.79 Å². The van der Waals surface area contributed by atoms with Crippen molar-refractivity contribution >= 4 is 40.1 Å². The molecule has 2 N–H and O–H groups in total. The van der Waals surface area contributed by atoms with Crippen molar-refractivity contribution in [1.82, 2.24) is 5.32 Å². The van der Waals surface area contributed by atoms with Gasteiger partial charge in [0.2, 0.25) is 0 Å². The molecule has 0 saturated heterocycles.